The summed E-state index contributed by atoms with van der Waals surface area (Å²) in [5, 5.41) is 5.78. The van der Waals surface area contributed by atoms with Gasteiger partial charge in [0, 0.05) is 13.0 Å². The fourth-order valence-corrected chi connectivity index (χ4v) is 5.15. The van der Waals surface area contributed by atoms with Gasteiger partial charge in [0.25, 0.3) is 11.5 Å². The molecule has 1 aromatic heterocycles. The fourth-order valence-electron chi connectivity index (χ4n) is 5.15. The van der Waals surface area contributed by atoms with Crippen LogP contribution in [0.5, 0.6) is 0 Å². The summed E-state index contributed by atoms with van der Waals surface area (Å²) in [6.45, 7) is 1.59. The number of imide groups is 1. The van der Waals surface area contributed by atoms with E-state index in [0.717, 1.165) is 24.5 Å². The predicted molar refractivity (Wildman–Crippen MR) is 123 cm³/mol. The molecule has 0 bridgehead atoms. The summed E-state index contributed by atoms with van der Waals surface area (Å²) in [6.07, 6.45) is -2.35. The van der Waals surface area contributed by atoms with Gasteiger partial charge in [-0.1, -0.05) is 24.3 Å². The molecule has 1 atom stereocenters. The van der Waals surface area contributed by atoms with Crippen LogP contribution in [0.2, 0.25) is 0 Å². The Morgan fingerprint density at radius 1 is 0.971 bits per heavy atom. The predicted octanol–water partition coefficient (Wildman–Crippen LogP) is 3.71. The molecule has 2 fully saturated rings. The number of hydrogen-bond donors (Lipinski definition) is 2. The largest absolute Gasteiger partial charge is 0.416 e. The summed E-state index contributed by atoms with van der Waals surface area (Å²) >= 11 is 0. The number of hydrogen-bond acceptors (Lipinski definition) is 4. The first-order valence-electron chi connectivity index (χ1n) is 11.7. The SMILES string of the molecule is O=C1CCC(n2[nH]c3cc(C4CCN(Cc5ccccc5C(F)(F)F)CC4)ccc3c2=O)C(=O)N1. The van der Waals surface area contributed by atoms with Crippen LogP contribution in [0.3, 0.4) is 0 Å². The van der Waals surface area contributed by atoms with Crippen LogP contribution in [0.4, 0.5) is 13.2 Å². The lowest BCUT2D eigenvalue weighted by Crippen LogP contribution is -2.44. The average molecular weight is 486 g/mol. The highest BCUT2D eigenvalue weighted by Gasteiger charge is 2.34. The Balaban J connectivity index is 1.29. The van der Waals surface area contributed by atoms with E-state index < -0.39 is 23.7 Å². The highest BCUT2D eigenvalue weighted by atomic mass is 19.4. The van der Waals surface area contributed by atoms with E-state index in [9.17, 15) is 27.6 Å². The zero-order valence-corrected chi connectivity index (χ0v) is 18.9. The maximum absolute atomic E-state index is 13.3. The Hall–Kier alpha value is -3.40. The lowest BCUT2D eigenvalue weighted by molar-refractivity contribution is -0.139. The Morgan fingerprint density at radius 3 is 2.43 bits per heavy atom. The topological polar surface area (TPSA) is 87.2 Å². The number of amides is 2. The fraction of sp³-hybridized carbons (Fsp3) is 0.400. The first-order valence-corrected chi connectivity index (χ1v) is 11.7. The number of carbonyl (C=O) groups excluding carboxylic acids is 2. The van der Waals surface area contributed by atoms with Gasteiger partial charge in [-0.25, -0.2) is 4.68 Å². The van der Waals surface area contributed by atoms with E-state index in [1.54, 1.807) is 12.1 Å². The highest BCUT2D eigenvalue weighted by molar-refractivity contribution is 5.99. The third-order valence-electron chi connectivity index (χ3n) is 7.03. The van der Waals surface area contributed by atoms with Crippen molar-refractivity contribution in [2.75, 3.05) is 13.1 Å². The van der Waals surface area contributed by atoms with Gasteiger partial charge in [0.05, 0.1) is 16.5 Å². The third-order valence-corrected chi connectivity index (χ3v) is 7.03. The lowest BCUT2D eigenvalue weighted by atomic mass is 9.88. The zero-order chi connectivity index (χ0) is 24.7. The molecule has 2 N–H and O–H groups in total. The molecular weight excluding hydrogens is 461 g/mol. The number of nitrogens with zero attached hydrogens (tertiary/aromatic N) is 2. The first-order chi connectivity index (χ1) is 16.7. The van der Waals surface area contributed by atoms with Gasteiger partial charge in [-0.3, -0.25) is 29.7 Å². The summed E-state index contributed by atoms with van der Waals surface area (Å²) < 4.78 is 41.2. The minimum absolute atomic E-state index is 0.176. The number of H-pyrrole nitrogens is 1. The second kappa shape index (κ2) is 8.99. The molecule has 2 saturated heterocycles. The molecule has 2 aliphatic rings. The van der Waals surface area contributed by atoms with Crippen molar-refractivity contribution >= 4 is 22.7 Å². The number of aromatic amines is 1. The van der Waals surface area contributed by atoms with Crippen LogP contribution in [-0.4, -0.2) is 39.6 Å². The molecule has 2 aliphatic heterocycles. The molecule has 0 saturated carbocycles. The minimum Gasteiger partial charge on any atom is -0.299 e. The Bertz CT molecular complexity index is 1340. The molecule has 7 nitrogen and oxygen atoms in total. The summed E-state index contributed by atoms with van der Waals surface area (Å²) in [6, 6.07) is 10.5. The normalized spacial score (nSPS) is 20.4. The third kappa shape index (κ3) is 4.62. The van der Waals surface area contributed by atoms with Gasteiger partial charge >= 0.3 is 6.18 Å². The van der Waals surface area contributed by atoms with E-state index in [1.165, 1.54) is 16.8 Å². The van der Waals surface area contributed by atoms with Gasteiger partial charge in [0.1, 0.15) is 6.04 Å². The highest BCUT2D eigenvalue weighted by Crippen LogP contribution is 2.34. The number of nitrogens with one attached hydrogen (secondary N) is 2. The van der Waals surface area contributed by atoms with E-state index >= 15 is 0 Å². The maximum atomic E-state index is 13.3. The van der Waals surface area contributed by atoms with E-state index in [0.29, 0.717) is 24.0 Å². The number of benzene rings is 2. The van der Waals surface area contributed by atoms with E-state index in [4.69, 9.17) is 0 Å². The van der Waals surface area contributed by atoms with Crippen molar-refractivity contribution in [2.24, 2.45) is 0 Å². The molecule has 3 heterocycles. The van der Waals surface area contributed by atoms with Crippen molar-refractivity contribution in [3.8, 4) is 0 Å². The number of likely N-dealkylation sites (tertiary alicyclic amines) is 1. The molecule has 184 valence electrons. The van der Waals surface area contributed by atoms with Crippen molar-refractivity contribution in [1.82, 2.24) is 20.0 Å². The monoisotopic (exact) mass is 486 g/mol. The number of halogens is 3. The molecule has 0 aliphatic carbocycles. The number of aromatic nitrogens is 2. The summed E-state index contributed by atoms with van der Waals surface area (Å²) in [5.74, 6) is -0.614. The molecule has 35 heavy (non-hydrogen) atoms. The van der Waals surface area contributed by atoms with Crippen molar-refractivity contribution < 1.29 is 22.8 Å². The van der Waals surface area contributed by atoms with Gasteiger partial charge in [-0.15, -0.1) is 0 Å². The number of rotatable bonds is 4. The molecule has 3 aromatic rings. The Morgan fingerprint density at radius 2 is 1.71 bits per heavy atom. The summed E-state index contributed by atoms with van der Waals surface area (Å²) in [4.78, 5) is 38.5. The summed E-state index contributed by atoms with van der Waals surface area (Å²) in [5.41, 5.74) is 1.06. The van der Waals surface area contributed by atoms with Crippen molar-refractivity contribution in [3.63, 3.8) is 0 Å². The molecule has 2 amide bonds. The average Bonchev–Trinajstić information content (AvgIpc) is 3.15. The summed E-state index contributed by atoms with van der Waals surface area (Å²) in [7, 11) is 0. The molecule has 10 heteroatoms. The molecule has 2 aromatic carbocycles. The molecule has 5 rings (SSSR count). The number of carbonyl (C=O) groups is 2. The number of piperidine rings is 2. The van der Waals surface area contributed by atoms with Crippen LogP contribution in [0.25, 0.3) is 10.9 Å². The van der Waals surface area contributed by atoms with Crippen molar-refractivity contribution in [3.05, 3.63) is 69.5 Å². The molecule has 0 radical (unpaired) electrons. The maximum Gasteiger partial charge on any atom is 0.416 e. The first kappa shape index (κ1) is 23.3. The lowest BCUT2D eigenvalue weighted by Gasteiger charge is -2.32. The molecule has 0 spiro atoms. The van der Waals surface area contributed by atoms with Gasteiger partial charge in [0.15, 0.2) is 0 Å². The number of alkyl halides is 3. The van der Waals surface area contributed by atoms with Crippen molar-refractivity contribution in [2.45, 2.75) is 50.4 Å². The number of fused-ring (bicyclic) bond motifs is 1. The minimum atomic E-state index is -4.37. The van der Waals surface area contributed by atoms with E-state index in [-0.39, 0.29) is 42.3 Å². The Labute approximate surface area is 198 Å². The van der Waals surface area contributed by atoms with E-state index in [1.807, 2.05) is 17.0 Å². The smallest absolute Gasteiger partial charge is 0.299 e. The molecule has 1 unspecified atom stereocenters. The second-order valence-corrected chi connectivity index (χ2v) is 9.26. The molecular formula is C25H25F3N4O3. The van der Waals surface area contributed by atoms with Crippen LogP contribution in [0.15, 0.2) is 47.3 Å². The van der Waals surface area contributed by atoms with E-state index in [2.05, 4.69) is 10.4 Å². The Kier molecular flexibility index (Phi) is 6.00. The van der Waals surface area contributed by atoms with Gasteiger partial charge in [-0.2, -0.15) is 13.2 Å². The quantitative estimate of drug-likeness (QED) is 0.551. The van der Waals surface area contributed by atoms with Crippen LogP contribution in [-0.2, 0) is 22.3 Å². The van der Waals surface area contributed by atoms with Gasteiger partial charge in [-0.05, 0) is 67.6 Å². The van der Waals surface area contributed by atoms with Crippen LogP contribution in [0, 0.1) is 0 Å². The van der Waals surface area contributed by atoms with Crippen molar-refractivity contribution in [1.29, 1.82) is 0 Å². The zero-order valence-electron chi connectivity index (χ0n) is 18.9. The van der Waals surface area contributed by atoms with Crippen LogP contribution < -0.4 is 10.9 Å². The van der Waals surface area contributed by atoms with Gasteiger partial charge in [0.2, 0.25) is 5.91 Å². The van der Waals surface area contributed by atoms with Crippen LogP contribution >= 0.6 is 0 Å². The standard InChI is InChI=1S/C25H25F3N4O3/c26-25(27,28)19-4-2-1-3-17(19)14-31-11-9-15(10-12-31)16-5-6-18-20(13-16)30-32(24(18)35)21-7-8-22(33)29-23(21)34/h1-6,13,15,21,30H,7-12,14H2,(H,29,33,34). The second-order valence-electron chi connectivity index (χ2n) is 9.26. The van der Waals surface area contributed by atoms with Crippen LogP contribution in [0.1, 0.15) is 54.3 Å². The van der Waals surface area contributed by atoms with Gasteiger partial charge < -0.3 is 0 Å².